The average Bonchev–Trinajstić information content (AvgIpc) is 3.45. The summed E-state index contributed by atoms with van der Waals surface area (Å²) < 4.78 is 1.67. The molecule has 0 aliphatic carbocycles. The molecule has 7 nitrogen and oxygen atoms in total. The first-order valence-corrected chi connectivity index (χ1v) is 10.3. The molecule has 2 aromatic heterocycles. The number of carbonyl (C=O) groups is 2. The Morgan fingerprint density at radius 3 is 2.40 bits per heavy atom. The maximum Gasteiger partial charge on any atom is 0.295 e. The largest absolute Gasteiger partial charge is 0.352 e. The quantitative estimate of drug-likeness (QED) is 0.496. The number of para-hydroxylation sites is 1. The fourth-order valence-corrected chi connectivity index (χ4v) is 3.58. The van der Waals surface area contributed by atoms with E-state index in [1.54, 1.807) is 28.9 Å². The molecule has 2 N–H and O–H groups in total. The Bertz CT molecular complexity index is 1150. The minimum absolute atomic E-state index is 0.0649. The van der Waals surface area contributed by atoms with Crippen LogP contribution in [0.25, 0.3) is 16.4 Å². The highest BCUT2D eigenvalue weighted by molar-refractivity contribution is 7.13. The minimum Gasteiger partial charge on any atom is -0.352 e. The molecule has 8 heteroatoms. The van der Waals surface area contributed by atoms with E-state index in [1.807, 2.05) is 54.8 Å². The zero-order valence-corrected chi connectivity index (χ0v) is 17.0. The van der Waals surface area contributed by atoms with Crippen molar-refractivity contribution in [2.75, 3.05) is 11.9 Å². The first kappa shape index (κ1) is 19.5. The summed E-state index contributed by atoms with van der Waals surface area (Å²) in [5.41, 5.74) is 1.90. The predicted molar refractivity (Wildman–Crippen MR) is 117 cm³/mol. The molecule has 0 aliphatic heterocycles. The number of anilines is 1. The predicted octanol–water partition coefficient (Wildman–Crippen LogP) is 4.00. The van der Waals surface area contributed by atoms with E-state index in [-0.39, 0.29) is 11.7 Å². The van der Waals surface area contributed by atoms with Crippen LogP contribution in [-0.4, -0.2) is 33.1 Å². The van der Waals surface area contributed by atoms with Crippen molar-refractivity contribution in [1.29, 1.82) is 0 Å². The number of aromatic nitrogens is 3. The third kappa shape index (κ3) is 4.13. The Kier molecular flexibility index (Phi) is 5.67. The molecule has 2 amide bonds. The van der Waals surface area contributed by atoms with Gasteiger partial charge in [0.05, 0.1) is 10.6 Å². The molecule has 0 radical (unpaired) electrons. The normalized spacial score (nSPS) is 10.6. The van der Waals surface area contributed by atoms with Crippen LogP contribution >= 0.6 is 11.3 Å². The van der Waals surface area contributed by atoms with Crippen LogP contribution in [0.1, 0.15) is 27.9 Å². The number of hydrogen-bond acceptors (Lipinski definition) is 5. The van der Waals surface area contributed by atoms with Gasteiger partial charge in [-0.3, -0.25) is 9.59 Å². The smallest absolute Gasteiger partial charge is 0.295 e. The number of nitrogens with one attached hydrogen (secondary N) is 2. The molecule has 30 heavy (non-hydrogen) atoms. The van der Waals surface area contributed by atoms with Gasteiger partial charge in [0.15, 0.2) is 5.82 Å². The third-order valence-corrected chi connectivity index (χ3v) is 5.16. The summed E-state index contributed by atoms with van der Waals surface area (Å²) in [7, 11) is 0. The highest BCUT2D eigenvalue weighted by atomic mass is 32.1. The third-order valence-electron chi connectivity index (χ3n) is 4.29. The molecule has 0 aliphatic rings. The summed E-state index contributed by atoms with van der Waals surface area (Å²) in [4.78, 5) is 30.0. The Balaban J connectivity index is 1.59. The van der Waals surface area contributed by atoms with Crippen molar-refractivity contribution in [3.05, 3.63) is 83.5 Å². The van der Waals surface area contributed by atoms with Gasteiger partial charge in [-0.15, -0.1) is 16.4 Å². The first-order chi connectivity index (χ1) is 14.7. The van der Waals surface area contributed by atoms with E-state index in [0.717, 1.165) is 10.6 Å². The molecule has 0 atom stereocenters. The second-order valence-corrected chi connectivity index (χ2v) is 7.32. The molecular formula is C22H19N5O2S. The molecule has 0 saturated heterocycles. The maximum atomic E-state index is 12.8. The molecule has 4 rings (SSSR count). The van der Waals surface area contributed by atoms with Crippen LogP contribution in [0, 0.1) is 0 Å². The number of carbonyl (C=O) groups excluding carboxylic acids is 2. The van der Waals surface area contributed by atoms with Gasteiger partial charge >= 0.3 is 0 Å². The van der Waals surface area contributed by atoms with Gasteiger partial charge in [0, 0.05) is 17.8 Å². The van der Waals surface area contributed by atoms with Gasteiger partial charge in [0.2, 0.25) is 5.82 Å². The highest BCUT2D eigenvalue weighted by Crippen LogP contribution is 2.25. The summed E-state index contributed by atoms with van der Waals surface area (Å²) in [6, 6.07) is 20.1. The summed E-state index contributed by atoms with van der Waals surface area (Å²) in [5, 5.41) is 11.9. The number of thiophene rings is 1. The van der Waals surface area contributed by atoms with Crippen LogP contribution in [0.15, 0.2) is 72.1 Å². The Morgan fingerprint density at radius 1 is 0.967 bits per heavy atom. The second-order valence-electron chi connectivity index (χ2n) is 6.37. The summed E-state index contributed by atoms with van der Waals surface area (Å²) in [5.74, 6) is 0.0930. The number of amides is 2. The number of hydrogen-bond donors (Lipinski definition) is 2. The van der Waals surface area contributed by atoms with Crippen molar-refractivity contribution in [2.24, 2.45) is 0 Å². The maximum absolute atomic E-state index is 12.8. The van der Waals surface area contributed by atoms with Gasteiger partial charge in [0.1, 0.15) is 0 Å². The molecular weight excluding hydrogens is 398 g/mol. The van der Waals surface area contributed by atoms with Crippen molar-refractivity contribution in [2.45, 2.75) is 6.92 Å². The molecule has 4 aromatic rings. The Hall–Kier alpha value is -3.78. The summed E-state index contributed by atoms with van der Waals surface area (Å²) >= 11 is 1.53. The van der Waals surface area contributed by atoms with E-state index >= 15 is 0 Å². The summed E-state index contributed by atoms with van der Waals surface area (Å²) in [6.45, 7) is 2.41. The number of rotatable bonds is 6. The number of benzene rings is 2. The molecule has 0 spiro atoms. The van der Waals surface area contributed by atoms with Crippen LogP contribution in [0.4, 0.5) is 5.69 Å². The van der Waals surface area contributed by atoms with E-state index in [2.05, 4.69) is 20.7 Å². The van der Waals surface area contributed by atoms with Crippen LogP contribution in [0.3, 0.4) is 0 Å². The second kappa shape index (κ2) is 8.71. The zero-order chi connectivity index (χ0) is 20.9. The molecule has 2 aromatic carbocycles. The first-order valence-electron chi connectivity index (χ1n) is 9.41. The molecule has 2 heterocycles. The topological polar surface area (TPSA) is 88.9 Å². The zero-order valence-electron chi connectivity index (χ0n) is 16.2. The molecule has 0 unspecified atom stereocenters. The lowest BCUT2D eigenvalue weighted by Gasteiger charge is -2.05. The fourth-order valence-electron chi connectivity index (χ4n) is 2.88. The van der Waals surface area contributed by atoms with Crippen molar-refractivity contribution in [3.63, 3.8) is 0 Å². The number of nitrogens with zero attached hydrogens (tertiary/aromatic N) is 3. The van der Waals surface area contributed by atoms with Gasteiger partial charge in [-0.1, -0.05) is 24.3 Å². The van der Waals surface area contributed by atoms with Gasteiger partial charge in [0.25, 0.3) is 11.8 Å². The van der Waals surface area contributed by atoms with Crippen LogP contribution in [0.2, 0.25) is 0 Å². The van der Waals surface area contributed by atoms with Crippen LogP contribution < -0.4 is 10.6 Å². The van der Waals surface area contributed by atoms with E-state index in [0.29, 0.717) is 23.6 Å². The lowest BCUT2D eigenvalue weighted by Crippen LogP contribution is -2.22. The van der Waals surface area contributed by atoms with Gasteiger partial charge < -0.3 is 10.6 Å². The SMILES string of the molecule is CCNC(=O)c1ccc(NC(=O)c2nc(-c3cccs3)n(-c3ccccc3)n2)cc1. The van der Waals surface area contributed by atoms with Gasteiger partial charge in [-0.2, -0.15) is 0 Å². The van der Waals surface area contributed by atoms with E-state index in [4.69, 9.17) is 0 Å². The van der Waals surface area contributed by atoms with Crippen molar-refractivity contribution >= 4 is 28.8 Å². The molecule has 0 saturated carbocycles. The summed E-state index contributed by atoms with van der Waals surface area (Å²) in [6.07, 6.45) is 0. The Morgan fingerprint density at radius 2 is 1.73 bits per heavy atom. The van der Waals surface area contributed by atoms with E-state index in [9.17, 15) is 9.59 Å². The van der Waals surface area contributed by atoms with Crippen LogP contribution in [0.5, 0.6) is 0 Å². The minimum atomic E-state index is -0.423. The van der Waals surface area contributed by atoms with Crippen molar-refractivity contribution in [3.8, 4) is 16.4 Å². The van der Waals surface area contributed by atoms with Gasteiger partial charge in [-0.05, 0) is 54.8 Å². The van der Waals surface area contributed by atoms with E-state index in [1.165, 1.54) is 11.3 Å². The monoisotopic (exact) mass is 417 g/mol. The Labute approximate surface area is 177 Å². The van der Waals surface area contributed by atoms with Crippen molar-refractivity contribution in [1.82, 2.24) is 20.1 Å². The lowest BCUT2D eigenvalue weighted by atomic mass is 10.2. The molecule has 0 bridgehead atoms. The highest BCUT2D eigenvalue weighted by Gasteiger charge is 2.19. The van der Waals surface area contributed by atoms with E-state index < -0.39 is 5.91 Å². The van der Waals surface area contributed by atoms with Crippen molar-refractivity contribution < 1.29 is 9.59 Å². The van der Waals surface area contributed by atoms with Gasteiger partial charge in [-0.25, -0.2) is 9.67 Å². The lowest BCUT2D eigenvalue weighted by molar-refractivity contribution is 0.0955. The molecule has 150 valence electrons. The fraction of sp³-hybridized carbons (Fsp3) is 0.0909. The standard InChI is InChI=1S/C22H19N5O2S/c1-2-23-21(28)15-10-12-16(13-11-15)24-22(29)19-25-20(18-9-6-14-30-18)27(26-19)17-7-4-3-5-8-17/h3-14H,2H2,1H3,(H,23,28)(H,24,29). The average molecular weight is 417 g/mol. The van der Waals surface area contributed by atoms with Crippen LogP contribution in [-0.2, 0) is 0 Å². The molecule has 0 fully saturated rings.